The van der Waals surface area contributed by atoms with Crippen LogP contribution in [0.5, 0.6) is 11.6 Å². The summed E-state index contributed by atoms with van der Waals surface area (Å²) in [6.07, 6.45) is 1.58. The summed E-state index contributed by atoms with van der Waals surface area (Å²) in [5.74, 6) is -0.117. The molecule has 0 aliphatic carbocycles. The molecule has 1 aromatic heterocycles. The lowest BCUT2D eigenvalue weighted by molar-refractivity contribution is 0.427. The molecule has 3 nitrogen and oxygen atoms in total. The van der Waals surface area contributed by atoms with Crippen molar-refractivity contribution in [3.8, 4) is 11.6 Å². The second-order valence-corrected chi connectivity index (χ2v) is 3.39. The minimum Gasteiger partial charge on any atom is -0.433 e. The van der Waals surface area contributed by atoms with E-state index in [1.807, 2.05) is 13.0 Å². The quantitative estimate of drug-likeness (QED) is 0.788. The Labute approximate surface area is 92.7 Å². The van der Waals surface area contributed by atoms with Crippen LogP contribution < -0.4 is 10.5 Å². The molecule has 0 aliphatic rings. The highest BCUT2D eigenvalue weighted by atomic mass is 19.1. The predicted octanol–water partition coefficient (Wildman–Crippen LogP) is 2.90. The lowest BCUT2D eigenvalue weighted by atomic mass is 10.3. The Morgan fingerprint density at radius 2 is 2.06 bits per heavy atom. The number of hydrogen-bond acceptors (Lipinski definition) is 3. The van der Waals surface area contributed by atoms with Crippen molar-refractivity contribution in [3.05, 3.63) is 47.9 Å². The zero-order chi connectivity index (χ0) is 11.5. The predicted molar refractivity (Wildman–Crippen MR) is 59.9 cm³/mol. The Morgan fingerprint density at radius 3 is 2.75 bits per heavy atom. The molecule has 0 saturated heterocycles. The van der Waals surface area contributed by atoms with Gasteiger partial charge in [-0.05, 0) is 25.1 Å². The molecule has 0 unspecified atom stereocenters. The van der Waals surface area contributed by atoms with Crippen LogP contribution in [0.15, 0.2) is 36.5 Å². The highest BCUT2D eigenvalue weighted by Gasteiger charge is 2.10. The monoisotopic (exact) mass is 218 g/mol. The first-order valence-corrected chi connectivity index (χ1v) is 4.82. The number of anilines is 1. The average Bonchev–Trinajstić information content (AvgIpc) is 2.26. The Hall–Kier alpha value is -2.10. The molecule has 2 rings (SSSR count). The fourth-order valence-electron chi connectivity index (χ4n) is 1.31. The van der Waals surface area contributed by atoms with Crippen molar-refractivity contribution < 1.29 is 9.13 Å². The highest BCUT2D eigenvalue weighted by Crippen LogP contribution is 2.30. The number of aromatic nitrogens is 1. The molecule has 16 heavy (non-hydrogen) atoms. The van der Waals surface area contributed by atoms with Crippen LogP contribution in [0.2, 0.25) is 0 Å². The molecule has 0 radical (unpaired) electrons. The Balaban J connectivity index is 2.38. The lowest BCUT2D eigenvalue weighted by Crippen LogP contribution is -1.97. The number of pyridine rings is 1. The van der Waals surface area contributed by atoms with E-state index >= 15 is 0 Å². The minimum atomic E-state index is -0.495. The van der Waals surface area contributed by atoms with Gasteiger partial charge in [-0.2, -0.15) is 0 Å². The largest absolute Gasteiger partial charge is 0.433 e. The maximum atomic E-state index is 13.4. The van der Waals surface area contributed by atoms with Gasteiger partial charge in [0.05, 0.1) is 5.69 Å². The van der Waals surface area contributed by atoms with Crippen LogP contribution in [0.3, 0.4) is 0 Å². The molecule has 0 fully saturated rings. The van der Waals surface area contributed by atoms with Gasteiger partial charge in [0.1, 0.15) is 0 Å². The second-order valence-electron chi connectivity index (χ2n) is 3.39. The van der Waals surface area contributed by atoms with E-state index in [4.69, 9.17) is 10.5 Å². The van der Waals surface area contributed by atoms with E-state index < -0.39 is 5.82 Å². The van der Waals surface area contributed by atoms with Gasteiger partial charge < -0.3 is 10.5 Å². The van der Waals surface area contributed by atoms with Gasteiger partial charge in [0, 0.05) is 11.8 Å². The Bertz CT molecular complexity index is 494. The molecular weight excluding hydrogens is 207 g/mol. The van der Waals surface area contributed by atoms with Gasteiger partial charge in [0.25, 0.3) is 0 Å². The van der Waals surface area contributed by atoms with Crippen LogP contribution in [0.25, 0.3) is 0 Å². The zero-order valence-electron chi connectivity index (χ0n) is 8.77. The van der Waals surface area contributed by atoms with E-state index in [0.29, 0.717) is 5.88 Å². The van der Waals surface area contributed by atoms with E-state index in [1.54, 1.807) is 18.3 Å². The summed E-state index contributed by atoms with van der Waals surface area (Å²) < 4.78 is 18.8. The van der Waals surface area contributed by atoms with Crippen LogP contribution in [-0.2, 0) is 0 Å². The number of nitrogens with two attached hydrogens (primary N) is 1. The van der Waals surface area contributed by atoms with E-state index in [1.165, 1.54) is 12.1 Å². The molecular formula is C12H11FN2O. The van der Waals surface area contributed by atoms with Crippen molar-refractivity contribution in [3.63, 3.8) is 0 Å². The molecule has 0 aliphatic heterocycles. The van der Waals surface area contributed by atoms with E-state index in [-0.39, 0.29) is 11.4 Å². The van der Waals surface area contributed by atoms with Crippen molar-refractivity contribution >= 4 is 5.69 Å². The molecule has 0 saturated carbocycles. The third kappa shape index (κ3) is 1.95. The summed E-state index contributed by atoms with van der Waals surface area (Å²) in [7, 11) is 0. The number of para-hydroxylation sites is 1. The first-order valence-electron chi connectivity index (χ1n) is 4.82. The molecule has 2 aromatic rings. The molecule has 2 N–H and O–H groups in total. The molecule has 0 amide bonds. The van der Waals surface area contributed by atoms with E-state index in [9.17, 15) is 4.39 Å². The summed E-state index contributed by atoms with van der Waals surface area (Å²) in [6, 6.07) is 8.02. The molecule has 82 valence electrons. The molecule has 0 bridgehead atoms. The summed E-state index contributed by atoms with van der Waals surface area (Å²) in [4.78, 5) is 4.01. The summed E-state index contributed by atoms with van der Waals surface area (Å²) in [6.45, 7) is 1.83. The second kappa shape index (κ2) is 4.18. The summed E-state index contributed by atoms with van der Waals surface area (Å²) in [5, 5.41) is 0. The number of rotatable bonds is 2. The highest BCUT2D eigenvalue weighted by molar-refractivity contribution is 5.54. The topological polar surface area (TPSA) is 48.1 Å². The number of aryl methyl sites for hydroxylation is 1. The molecule has 0 spiro atoms. The van der Waals surface area contributed by atoms with Gasteiger partial charge in [-0.1, -0.05) is 12.1 Å². The van der Waals surface area contributed by atoms with Crippen molar-refractivity contribution in [2.24, 2.45) is 0 Å². The maximum absolute atomic E-state index is 13.4. The van der Waals surface area contributed by atoms with E-state index in [2.05, 4.69) is 4.98 Å². The molecule has 4 heteroatoms. The van der Waals surface area contributed by atoms with Crippen LogP contribution in [-0.4, -0.2) is 4.98 Å². The first-order chi connectivity index (χ1) is 7.68. The first kappa shape index (κ1) is 10.4. The van der Waals surface area contributed by atoms with Crippen LogP contribution in [0.1, 0.15) is 5.56 Å². The van der Waals surface area contributed by atoms with Crippen molar-refractivity contribution in [2.45, 2.75) is 6.92 Å². The number of halogens is 1. The number of nitrogens with zero attached hydrogens (tertiary/aromatic N) is 1. The third-order valence-electron chi connectivity index (χ3n) is 2.16. The zero-order valence-corrected chi connectivity index (χ0v) is 8.77. The van der Waals surface area contributed by atoms with Crippen LogP contribution in [0.4, 0.5) is 10.1 Å². The van der Waals surface area contributed by atoms with Crippen molar-refractivity contribution in [1.82, 2.24) is 4.98 Å². The normalized spacial score (nSPS) is 10.1. The SMILES string of the molecule is Cc1cccnc1Oc1c(N)cccc1F. The average molecular weight is 218 g/mol. The lowest BCUT2D eigenvalue weighted by Gasteiger charge is -2.09. The van der Waals surface area contributed by atoms with Gasteiger partial charge in [-0.15, -0.1) is 0 Å². The van der Waals surface area contributed by atoms with Crippen LogP contribution >= 0.6 is 0 Å². The van der Waals surface area contributed by atoms with Crippen molar-refractivity contribution in [1.29, 1.82) is 0 Å². The van der Waals surface area contributed by atoms with Crippen molar-refractivity contribution in [2.75, 3.05) is 5.73 Å². The third-order valence-corrected chi connectivity index (χ3v) is 2.16. The Morgan fingerprint density at radius 1 is 1.25 bits per heavy atom. The van der Waals surface area contributed by atoms with Gasteiger partial charge >= 0.3 is 0 Å². The summed E-state index contributed by atoms with van der Waals surface area (Å²) in [5.41, 5.74) is 6.71. The smallest absolute Gasteiger partial charge is 0.222 e. The number of hydrogen-bond donors (Lipinski definition) is 1. The number of nitrogen functional groups attached to an aromatic ring is 1. The summed E-state index contributed by atoms with van der Waals surface area (Å²) >= 11 is 0. The standard InChI is InChI=1S/C12H11FN2O/c1-8-4-3-7-15-12(8)16-11-9(13)5-2-6-10(11)14/h2-7H,14H2,1H3. The fraction of sp³-hybridized carbons (Fsp3) is 0.0833. The minimum absolute atomic E-state index is 0.0179. The molecule has 0 atom stereocenters. The number of benzene rings is 1. The van der Waals surface area contributed by atoms with Gasteiger partial charge in [-0.3, -0.25) is 0 Å². The maximum Gasteiger partial charge on any atom is 0.222 e. The van der Waals surface area contributed by atoms with Gasteiger partial charge in [0.2, 0.25) is 5.88 Å². The van der Waals surface area contributed by atoms with Gasteiger partial charge in [0.15, 0.2) is 11.6 Å². The molecule has 1 aromatic carbocycles. The number of ether oxygens (including phenoxy) is 1. The van der Waals surface area contributed by atoms with Gasteiger partial charge in [-0.25, -0.2) is 9.37 Å². The Kier molecular flexibility index (Phi) is 2.72. The van der Waals surface area contributed by atoms with E-state index in [0.717, 1.165) is 5.56 Å². The molecule has 1 heterocycles. The van der Waals surface area contributed by atoms with Crippen LogP contribution in [0, 0.1) is 12.7 Å². The fourth-order valence-corrected chi connectivity index (χ4v) is 1.31.